The number of Topliss-reactive ketones (excluding diaryl/α,β-unsaturated/α-hetero) is 1. The molecule has 1 N–H and O–H groups in total. The molecule has 1 aromatic carbocycles. The average Bonchev–Trinajstić information content (AvgIpc) is 3.44. The lowest BCUT2D eigenvalue weighted by molar-refractivity contribution is -0.115. The highest BCUT2D eigenvalue weighted by molar-refractivity contribution is 7.17. The summed E-state index contributed by atoms with van der Waals surface area (Å²) >= 11 is 7.93. The molecule has 154 valence electrons. The van der Waals surface area contributed by atoms with E-state index in [0.29, 0.717) is 30.0 Å². The van der Waals surface area contributed by atoms with Crippen molar-refractivity contribution < 1.29 is 14.3 Å². The minimum atomic E-state index is -0.0756. The number of ketones is 2. The van der Waals surface area contributed by atoms with Crippen molar-refractivity contribution in [2.45, 2.75) is 39.2 Å². The molecule has 1 aliphatic heterocycles. The molecule has 30 heavy (non-hydrogen) atoms. The first-order valence-corrected chi connectivity index (χ1v) is 10.9. The van der Waals surface area contributed by atoms with Crippen LogP contribution in [0.2, 0.25) is 5.02 Å². The van der Waals surface area contributed by atoms with Crippen molar-refractivity contribution >= 4 is 40.6 Å². The highest BCUT2D eigenvalue weighted by Crippen LogP contribution is 2.41. The van der Waals surface area contributed by atoms with Gasteiger partial charge in [-0.3, -0.25) is 9.59 Å². The number of aryl methyl sites for hydroxylation is 1. The summed E-state index contributed by atoms with van der Waals surface area (Å²) in [5, 5.41) is 0.558. The van der Waals surface area contributed by atoms with Crippen molar-refractivity contribution in [1.29, 1.82) is 0 Å². The summed E-state index contributed by atoms with van der Waals surface area (Å²) < 4.78 is 6.02. The Bertz CT molecular complexity index is 1150. The number of imidazole rings is 1. The van der Waals surface area contributed by atoms with E-state index in [4.69, 9.17) is 16.3 Å². The Labute approximate surface area is 183 Å². The fourth-order valence-corrected chi connectivity index (χ4v) is 4.64. The van der Waals surface area contributed by atoms with Gasteiger partial charge in [-0.2, -0.15) is 0 Å². The summed E-state index contributed by atoms with van der Waals surface area (Å²) in [6.07, 6.45) is 6.57. The minimum Gasteiger partial charge on any atom is -0.488 e. The van der Waals surface area contributed by atoms with E-state index in [2.05, 4.69) is 16.0 Å². The number of hydrogen-bond donors (Lipinski definition) is 1. The predicted molar refractivity (Wildman–Crippen MR) is 119 cm³/mol. The molecule has 1 aliphatic rings. The van der Waals surface area contributed by atoms with Gasteiger partial charge in [-0.25, -0.2) is 4.98 Å². The second-order valence-electron chi connectivity index (χ2n) is 7.36. The van der Waals surface area contributed by atoms with Gasteiger partial charge in [-0.15, -0.1) is 11.3 Å². The third kappa shape index (κ3) is 4.40. The molecule has 0 radical (unpaired) electrons. The number of nitrogens with one attached hydrogen (secondary N) is 1. The van der Waals surface area contributed by atoms with Crippen molar-refractivity contribution in [2.24, 2.45) is 0 Å². The lowest BCUT2D eigenvalue weighted by atomic mass is 10.0. The number of nitrogens with zero attached hydrogens (tertiary/aromatic N) is 1. The number of H-pyrrole nitrogens is 1. The van der Waals surface area contributed by atoms with E-state index < -0.39 is 0 Å². The smallest absolute Gasteiger partial charge is 0.169 e. The Balaban J connectivity index is 1.40. The highest BCUT2D eigenvalue weighted by Gasteiger charge is 2.26. The number of allylic oxidation sites excluding steroid dienone is 1. The Morgan fingerprint density at radius 3 is 2.90 bits per heavy atom. The van der Waals surface area contributed by atoms with Crippen LogP contribution in [0, 0.1) is 6.92 Å². The van der Waals surface area contributed by atoms with Crippen LogP contribution in [0.1, 0.15) is 46.4 Å². The molecule has 1 unspecified atom stereocenters. The van der Waals surface area contributed by atoms with E-state index in [1.165, 1.54) is 11.3 Å². The summed E-state index contributed by atoms with van der Waals surface area (Å²) in [6.45, 7) is 3.48. The molecular formula is C23H21ClN2O3S. The van der Waals surface area contributed by atoms with Crippen LogP contribution in [-0.2, 0) is 11.2 Å². The topological polar surface area (TPSA) is 72.0 Å². The molecule has 7 heteroatoms. The van der Waals surface area contributed by atoms with E-state index in [0.717, 1.165) is 32.3 Å². The number of carbonyl (C=O) groups excluding carboxylic acids is 2. The number of ether oxygens (including phenoxy) is 1. The van der Waals surface area contributed by atoms with Gasteiger partial charge in [-0.1, -0.05) is 11.6 Å². The monoisotopic (exact) mass is 440 g/mol. The number of fused-ring (bicyclic) bond motifs is 1. The van der Waals surface area contributed by atoms with Crippen molar-refractivity contribution in [3.63, 3.8) is 0 Å². The zero-order chi connectivity index (χ0) is 21.3. The van der Waals surface area contributed by atoms with Crippen molar-refractivity contribution in [3.05, 3.63) is 63.5 Å². The molecular weight excluding hydrogens is 420 g/mol. The third-order valence-electron chi connectivity index (χ3n) is 5.10. The lowest BCUT2D eigenvalue weighted by Gasteiger charge is -2.10. The molecule has 1 atom stereocenters. The van der Waals surface area contributed by atoms with Crippen LogP contribution >= 0.6 is 22.9 Å². The standard InChI is InChI=1S/C23H21ClN2O3S/c1-13-20(26-12-25-13)6-4-17(28)3-5-18-10-16-9-15(11-19(24)23(16)29-18)22-8-7-21(30-22)14(2)27/h4,6-9,11-12,18H,3,5,10H2,1-2H3,(H,25,26)/b6-4+. The van der Waals surface area contributed by atoms with Gasteiger partial charge in [0.2, 0.25) is 0 Å². The number of thiophene rings is 1. The van der Waals surface area contributed by atoms with Crippen LogP contribution in [0.15, 0.2) is 36.7 Å². The summed E-state index contributed by atoms with van der Waals surface area (Å²) in [6, 6.07) is 7.73. The van der Waals surface area contributed by atoms with Crippen LogP contribution in [0.5, 0.6) is 5.75 Å². The van der Waals surface area contributed by atoms with E-state index in [-0.39, 0.29) is 17.7 Å². The third-order valence-corrected chi connectivity index (χ3v) is 6.61. The molecule has 0 saturated carbocycles. The van der Waals surface area contributed by atoms with Gasteiger partial charge in [0, 0.05) is 29.0 Å². The van der Waals surface area contributed by atoms with Gasteiger partial charge in [0.1, 0.15) is 11.9 Å². The van der Waals surface area contributed by atoms with Crippen LogP contribution in [0.3, 0.4) is 0 Å². The van der Waals surface area contributed by atoms with Crippen LogP contribution in [-0.4, -0.2) is 27.6 Å². The molecule has 0 fully saturated rings. The zero-order valence-corrected chi connectivity index (χ0v) is 18.3. The number of halogens is 1. The molecule has 2 aromatic heterocycles. The van der Waals surface area contributed by atoms with Gasteiger partial charge in [0.25, 0.3) is 0 Å². The normalized spacial score (nSPS) is 15.4. The number of benzene rings is 1. The molecule has 4 rings (SSSR count). The minimum absolute atomic E-state index is 0.0408. The second-order valence-corrected chi connectivity index (χ2v) is 8.85. The Kier molecular flexibility index (Phi) is 5.88. The lowest BCUT2D eigenvalue weighted by Crippen LogP contribution is -2.14. The van der Waals surface area contributed by atoms with Crippen LogP contribution in [0.25, 0.3) is 16.5 Å². The number of carbonyl (C=O) groups is 2. The molecule has 0 spiro atoms. The summed E-state index contributed by atoms with van der Waals surface area (Å²) in [5.41, 5.74) is 3.72. The van der Waals surface area contributed by atoms with Gasteiger partial charge in [-0.05, 0) is 62.2 Å². The molecule has 0 saturated heterocycles. The Morgan fingerprint density at radius 2 is 2.20 bits per heavy atom. The molecule has 0 amide bonds. The number of aromatic amines is 1. The SMILES string of the molecule is CC(=O)c1ccc(-c2cc(Cl)c3c(c2)CC(CCC(=O)/C=C/c2nc[nH]c2C)O3)s1. The summed E-state index contributed by atoms with van der Waals surface area (Å²) in [5.74, 6) is 0.797. The van der Waals surface area contributed by atoms with Gasteiger partial charge in [0.15, 0.2) is 11.6 Å². The zero-order valence-electron chi connectivity index (χ0n) is 16.7. The molecule has 0 bridgehead atoms. The van der Waals surface area contributed by atoms with Gasteiger partial charge in [0.05, 0.1) is 21.9 Å². The molecule has 5 nitrogen and oxygen atoms in total. The second kappa shape index (κ2) is 8.58. The van der Waals surface area contributed by atoms with Crippen molar-refractivity contribution in [1.82, 2.24) is 9.97 Å². The molecule has 3 aromatic rings. The van der Waals surface area contributed by atoms with E-state index in [9.17, 15) is 9.59 Å². The number of hydrogen-bond acceptors (Lipinski definition) is 5. The Morgan fingerprint density at radius 1 is 1.37 bits per heavy atom. The maximum absolute atomic E-state index is 12.2. The number of aromatic nitrogens is 2. The fourth-order valence-electron chi connectivity index (χ4n) is 3.47. The predicted octanol–water partition coefficient (Wildman–Crippen LogP) is 5.67. The quantitative estimate of drug-likeness (QED) is 0.379. The summed E-state index contributed by atoms with van der Waals surface area (Å²) in [7, 11) is 0. The summed E-state index contributed by atoms with van der Waals surface area (Å²) in [4.78, 5) is 32.7. The van der Waals surface area contributed by atoms with E-state index >= 15 is 0 Å². The first-order chi connectivity index (χ1) is 14.4. The molecule has 0 aliphatic carbocycles. The maximum atomic E-state index is 12.2. The van der Waals surface area contributed by atoms with E-state index in [1.807, 2.05) is 25.1 Å². The van der Waals surface area contributed by atoms with Crippen molar-refractivity contribution in [2.75, 3.05) is 0 Å². The van der Waals surface area contributed by atoms with Crippen LogP contribution in [0.4, 0.5) is 0 Å². The molecule has 3 heterocycles. The first kappa shape index (κ1) is 20.6. The highest BCUT2D eigenvalue weighted by atomic mass is 35.5. The van der Waals surface area contributed by atoms with Crippen molar-refractivity contribution in [3.8, 4) is 16.2 Å². The fraction of sp³-hybridized carbons (Fsp3) is 0.261. The maximum Gasteiger partial charge on any atom is 0.169 e. The van der Waals surface area contributed by atoms with Gasteiger partial charge < -0.3 is 9.72 Å². The number of rotatable bonds is 7. The Hall–Kier alpha value is -2.70. The van der Waals surface area contributed by atoms with Gasteiger partial charge >= 0.3 is 0 Å². The first-order valence-electron chi connectivity index (χ1n) is 9.72. The van der Waals surface area contributed by atoms with Crippen LogP contribution < -0.4 is 4.74 Å². The average molecular weight is 441 g/mol. The largest absolute Gasteiger partial charge is 0.488 e. The van der Waals surface area contributed by atoms with E-state index in [1.54, 1.807) is 25.4 Å².